The highest BCUT2D eigenvalue weighted by Crippen LogP contribution is 2.44. The summed E-state index contributed by atoms with van der Waals surface area (Å²) in [7, 11) is -4.58. The van der Waals surface area contributed by atoms with Crippen molar-refractivity contribution in [1.29, 1.82) is 0 Å². The molecule has 1 aliphatic rings. The van der Waals surface area contributed by atoms with Crippen LogP contribution in [0.5, 0.6) is 0 Å². The lowest BCUT2D eigenvalue weighted by Gasteiger charge is -2.16. The van der Waals surface area contributed by atoms with Gasteiger partial charge in [-0.15, -0.1) is 0 Å². The van der Waals surface area contributed by atoms with E-state index in [1.54, 1.807) is 0 Å². The average molecular weight is 391 g/mol. The van der Waals surface area contributed by atoms with Crippen LogP contribution in [-0.4, -0.2) is 48.5 Å². The number of rotatable bonds is 6. The van der Waals surface area contributed by atoms with Gasteiger partial charge in [0.05, 0.1) is 0 Å². The molecule has 9 heteroatoms. The summed E-state index contributed by atoms with van der Waals surface area (Å²) in [5.41, 5.74) is 4.05. The number of fused-ring (bicyclic) bond motifs is 3. The van der Waals surface area contributed by atoms with Gasteiger partial charge in [0.25, 0.3) is 10.1 Å². The monoisotopic (exact) mass is 391 g/mol. The maximum absolute atomic E-state index is 12.0. The molecule has 1 amide bonds. The van der Waals surface area contributed by atoms with Crippen molar-refractivity contribution in [2.45, 2.75) is 12.0 Å². The molecule has 3 rings (SSSR count). The Morgan fingerprint density at radius 2 is 1.56 bits per heavy atom. The normalized spacial score (nSPS) is 14.1. The van der Waals surface area contributed by atoms with E-state index in [2.05, 4.69) is 0 Å². The highest BCUT2D eigenvalue weighted by molar-refractivity contribution is 7.85. The molecular weight excluding hydrogens is 374 g/mol. The molecule has 0 spiro atoms. The fraction of sp³-hybridized carbons (Fsp3) is 0.222. The Morgan fingerprint density at radius 3 is 2.04 bits per heavy atom. The first kappa shape index (κ1) is 18.9. The van der Waals surface area contributed by atoms with Crippen molar-refractivity contribution in [3.05, 3.63) is 59.7 Å². The number of aliphatic carboxylic acids is 1. The Bertz CT molecular complexity index is 941. The first-order valence-electron chi connectivity index (χ1n) is 8.06. The SMILES string of the molecule is O=C(N[C@H](CS(=O)(=O)O)C(=O)O)OCC1c2ccccc2-c2ccccc21. The highest BCUT2D eigenvalue weighted by Gasteiger charge is 2.30. The van der Waals surface area contributed by atoms with Crippen LogP contribution in [0.4, 0.5) is 4.79 Å². The molecule has 2 aromatic rings. The number of nitrogens with one attached hydrogen (secondary N) is 1. The summed E-state index contributed by atoms with van der Waals surface area (Å²) in [6.07, 6.45) is -1.08. The van der Waals surface area contributed by atoms with Crippen LogP contribution in [0.3, 0.4) is 0 Å². The molecule has 0 fully saturated rings. The van der Waals surface area contributed by atoms with Gasteiger partial charge >= 0.3 is 12.1 Å². The summed E-state index contributed by atoms with van der Waals surface area (Å²) in [6.45, 7) is -0.0436. The van der Waals surface area contributed by atoms with E-state index in [4.69, 9.17) is 14.4 Å². The minimum absolute atomic E-state index is 0.0436. The van der Waals surface area contributed by atoms with Gasteiger partial charge in [0.1, 0.15) is 18.4 Å². The number of benzene rings is 2. The number of carbonyl (C=O) groups excluding carboxylic acids is 1. The van der Waals surface area contributed by atoms with Crippen molar-refractivity contribution in [2.24, 2.45) is 0 Å². The van der Waals surface area contributed by atoms with Gasteiger partial charge in [-0.05, 0) is 22.3 Å². The molecule has 2 aromatic carbocycles. The van der Waals surface area contributed by atoms with Gasteiger partial charge in [-0.1, -0.05) is 48.5 Å². The second-order valence-electron chi connectivity index (χ2n) is 6.11. The number of carboxylic acids is 1. The van der Waals surface area contributed by atoms with E-state index in [-0.39, 0.29) is 12.5 Å². The summed E-state index contributed by atoms with van der Waals surface area (Å²) in [5, 5.41) is 10.9. The van der Waals surface area contributed by atoms with Gasteiger partial charge in [-0.2, -0.15) is 8.42 Å². The van der Waals surface area contributed by atoms with Crippen LogP contribution in [0.15, 0.2) is 48.5 Å². The Morgan fingerprint density at radius 1 is 1.04 bits per heavy atom. The summed E-state index contributed by atoms with van der Waals surface area (Å²) in [6, 6.07) is 13.6. The number of carbonyl (C=O) groups is 2. The molecule has 1 aliphatic carbocycles. The van der Waals surface area contributed by atoms with Gasteiger partial charge in [0, 0.05) is 5.92 Å². The van der Waals surface area contributed by atoms with Crippen molar-refractivity contribution in [1.82, 2.24) is 5.32 Å². The van der Waals surface area contributed by atoms with Crippen LogP contribution in [0.1, 0.15) is 17.0 Å². The molecule has 142 valence electrons. The third-order valence-corrected chi connectivity index (χ3v) is 5.07. The van der Waals surface area contributed by atoms with Gasteiger partial charge in [-0.3, -0.25) is 4.55 Å². The van der Waals surface area contributed by atoms with E-state index in [9.17, 15) is 18.0 Å². The quantitative estimate of drug-likeness (QED) is 0.641. The third kappa shape index (κ3) is 4.26. The van der Waals surface area contributed by atoms with E-state index in [1.807, 2.05) is 53.8 Å². The molecule has 0 saturated carbocycles. The van der Waals surface area contributed by atoms with Crippen LogP contribution >= 0.6 is 0 Å². The third-order valence-electron chi connectivity index (χ3n) is 4.31. The van der Waals surface area contributed by atoms with E-state index in [1.165, 1.54) is 0 Å². The van der Waals surface area contributed by atoms with E-state index >= 15 is 0 Å². The Balaban J connectivity index is 1.71. The Hall–Kier alpha value is -2.91. The zero-order chi connectivity index (χ0) is 19.6. The Labute approximate surface area is 155 Å². The van der Waals surface area contributed by atoms with Gasteiger partial charge < -0.3 is 15.2 Å². The molecular formula is C18H17NO7S. The number of alkyl carbamates (subject to hydrolysis) is 1. The summed E-state index contributed by atoms with van der Waals surface area (Å²) in [4.78, 5) is 23.0. The molecule has 3 N–H and O–H groups in total. The lowest BCUT2D eigenvalue weighted by molar-refractivity contribution is -0.138. The number of hydrogen-bond donors (Lipinski definition) is 3. The number of ether oxygens (including phenoxy) is 1. The maximum Gasteiger partial charge on any atom is 0.407 e. The molecule has 27 heavy (non-hydrogen) atoms. The van der Waals surface area contributed by atoms with Crippen molar-refractivity contribution >= 4 is 22.2 Å². The smallest absolute Gasteiger partial charge is 0.407 e. The highest BCUT2D eigenvalue weighted by atomic mass is 32.2. The van der Waals surface area contributed by atoms with Crippen molar-refractivity contribution in [3.63, 3.8) is 0 Å². The average Bonchev–Trinajstić information content (AvgIpc) is 2.92. The van der Waals surface area contributed by atoms with Gasteiger partial charge in [-0.25, -0.2) is 9.59 Å². The number of hydrogen-bond acceptors (Lipinski definition) is 5. The van der Waals surface area contributed by atoms with Gasteiger partial charge in [0.15, 0.2) is 0 Å². The van der Waals surface area contributed by atoms with Crippen LogP contribution in [0.2, 0.25) is 0 Å². The first-order valence-corrected chi connectivity index (χ1v) is 9.66. The molecule has 0 heterocycles. The molecule has 1 atom stereocenters. The molecule has 0 aliphatic heterocycles. The fourth-order valence-corrected chi connectivity index (χ4v) is 3.81. The number of amides is 1. The van der Waals surface area contributed by atoms with Crippen LogP contribution < -0.4 is 5.32 Å². The first-order chi connectivity index (χ1) is 12.8. The van der Waals surface area contributed by atoms with Gasteiger partial charge in [0.2, 0.25) is 0 Å². The topological polar surface area (TPSA) is 130 Å². The molecule has 0 unspecified atom stereocenters. The minimum atomic E-state index is -4.58. The number of carboxylic acid groups (broad SMARTS) is 1. The molecule has 0 aromatic heterocycles. The van der Waals surface area contributed by atoms with E-state index in [0.717, 1.165) is 22.3 Å². The fourth-order valence-electron chi connectivity index (χ4n) is 3.17. The molecule has 8 nitrogen and oxygen atoms in total. The standard InChI is InChI=1S/C18H17NO7S/c20-17(21)16(10-27(23,24)25)19-18(22)26-9-15-13-7-3-1-5-11(13)12-6-2-4-8-14(12)15/h1-8,15-16H,9-10H2,(H,19,22)(H,20,21)(H,23,24,25)/t16-/m1/s1. The predicted octanol–water partition coefficient (Wildman–Crippen LogP) is 1.87. The predicted molar refractivity (Wildman–Crippen MR) is 96.0 cm³/mol. The van der Waals surface area contributed by atoms with Crippen LogP contribution in [-0.2, 0) is 19.6 Å². The second kappa shape index (κ2) is 7.37. The van der Waals surface area contributed by atoms with Crippen molar-refractivity contribution in [3.8, 4) is 11.1 Å². The lowest BCUT2D eigenvalue weighted by atomic mass is 9.98. The summed E-state index contributed by atoms with van der Waals surface area (Å²) < 4.78 is 35.7. The lowest BCUT2D eigenvalue weighted by Crippen LogP contribution is -2.45. The summed E-state index contributed by atoms with van der Waals surface area (Å²) in [5.74, 6) is -2.96. The Kier molecular flexibility index (Phi) is 5.15. The van der Waals surface area contributed by atoms with Crippen LogP contribution in [0, 0.1) is 0 Å². The minimum Gasteiger partial charge on any atom is -0.480 e. The zero-order valence-electron chi connectivity index (χ0n) is 14.0. The largest absolute Gasteiger partial charge is 0.480 e. The van der Waals surface area contributed by atoms with E-state index < -0.39 is 34.0 Å². The van der Waals surface area contributed by atoms with Crippen molar-refractivity contribution in [2.75, 3.05) is 12.4 Å². The molecule has 0 bridgehead atoms. The van der Waals surface area contributed by atoms with Crippen LogP contribution in [0.25, 0.3) is 11.1 Å². The summed E-state index contributed by atoms with van der Waals surface area (Å²) >= 11 is 0. The van der Waals surface area contributed by atoms with E-state index in [0.29, 0.717) is 0 Å². The zero-order valence-corrected chi connectivity index (χ0v) is 14.8. The molecule has 0 radical (unpaired) electrons. The van der Waals surface area contributed by atoms with Crippen molar-refractivity contribution < 1.29 is 32.4 Å². The maximum atomic E-state index is 12.0. The second-order valence-corrected chi connectivity index (χ2v) is 7.61. The molecule has 0 saturated heterocycles.